The Morgan fingerprint density at radius 2 is 1.88 bits per heavy atom. The van der Waals surface area contributed by atoms with Crippen molar-refractivity contribution in [3.8, 4) is 5.75 Å². The Balaban J connectivity index is 2.19. The second kappa shape index (κ2) is 8.69. The van der Waals surface area contributed by atoms with Gasteiger partial charge in [-0.3, -0.25) is 9.59 Å². The number of nitrogens with one attached hydrogen (secondary N) is 1. The van der Waals surface area contributed by atoms with Crippen LogP contribution in [-0.2, 0) is 14.3 Å². The highest BCUT2D eigenvalue weighted by molar-refractivity contribution is 6.00. The minimum Gasteiger partial charge on any atom is -0.496 e. The molecule has 26 heavy (non-hydrogen) atoms. The van der Waals surface area contributed by atoms with E-state index in [2.05, 4.69) is 5.32 Å². The Hall–Kier alpha value is -2.57. The van der Waals surface area contributed by atoms with Crippen LogP contribution in [0.25, 0.3) is 0 Å². The first-order chi connectivity index (χ1) is 12.4. The molecule has 1 aromatic carbocycles. The summed E-state index contributed by atoms with van der Waals surface area (Å²) < 4.78 is 10.0. The molecule has 2 rings (SSSR count). The van der Waals surface area contributed by atoms with Crippen LogP contribution in [0.2, 0.25) is 0 Å². The lowest BCUT2D eigenvalue weighted by atomic mass is 10.0. The fourth-order valence-electron chi connectivity index (χ4n) is 3.15. The highest BCUT2D eigenvalue weighted by Crippen LogP contribution is 2.22. The lowest BCUT2D eigenvalue weighted by Gasteiger charge is -2.30. The summed E-state index contributed by atoms with van der Waals surface area (Å²) in [5.74, 6) is -0.775. The van der Waals surface area contributed by atoms with E-state index in [0.29, 0.717) is 24.3 Å². The number of amides is 2. The summed E-state index contributed by atoms with van der Waals surface area (Å²) >= 11 is 0. The lowest BCUT2D eigenvalue weighted by molar-refractivity contribution is -0.151. The molecule has 142 valence electrons. The van der Waals surface area contributed by atoms with E-state index < -0.39 is 18.1 Å². The smallest absolute Gasteiger partial charge is 0.328 e. The van der Waals surface area contributed by atoms with Crippen molar-refractivity contribution < 1.29 is 23.9 Å². The number of rotatable bonds is 6. The van der Waals surface area contributed by atoms with E-state index in [0.717, 1.165) is 6.42 Å². The van der Waals surface area contributed by atoms with Gasteiger partial charge < -0.3 is 19.7 Å². The summed E-state index contributed by atoms with van der Waals surface area (Å²) in [7, 11) is 2.80. The van der Waals surface area contributed by atoms with Gasteiger partial charge in [0.2, 0.25) is 5.91 Å². The van der Waals surface area contributed by atoms with E-state index in [4.69, 9.17) is 9.47 Å². The first kappa shape index (κ1) is 19.8. The summed E-state index contributed by atoms with van der Waals surface area (Å²) in [6.07, 6.45) is 1.31. The molecular formula is C19H26N2O5. The highest BCUT2D eigenvalue weighted by atomic mass is 16.5. The van der Waals surface area contributed by atoms with Crippen LogP contribution >= 0.6 is 0 Å². The van der Waals surface area contributed by atoms with Gasteiger partial charge in [0, 0.05) is 6.54 Å². The predicted molar refractivity (Wildman–Crippen MR) is 95.8 cm³/mol. The van der Waals surface area contributed by atoms with E-state index in [9.17, 15) is 14.4 Å². The molecule has 1 aromatic rings. The standard InChI is InChI=1S/C19H26N2O5/c1-12(2)16(18(23)21-11-7-9-14(21)19(24)26-4)20-17(22)13-8-5-6-10-15(13)25-3/h5-6,8,10,12,14,16H,7,9,11H2,1-4H3,(H,20,22)/t14-,16-/m0/s1. The van der Waals surface area contributed by atoms with Crippen LogP contribution in [0.15, 0.2) is 24.3 Å². The van der Waals surface area contributed by atoms with Crippen molar-refractivity contribution in [2.24, 2.45) is 5.92 Å². The SMILES string of the molecule is COC(=O)[C@@H]1CCCN1C(=O)[C@@H](NC(=O)c1ccccc1OC)C(C)C. The quantitative estimate of drug-likeness (QED) is 0.777. The van der Waals surface area contributed by atoms with Gasteiger partial charge in [-0.05, 0) is 30.9 Å². The second-order valence-electron chi connectivity index (χ2n) is 6.61. The summed E-state index contributed by atoms with van der Waals surface area (Å²) in [6, 6.07) is 5.51. The van der Waals surface area contributed by atoms with Crippen LogP contribution in [-0.4, -0.2) is 55.5 Å². The van der Waals surface area contributed by atoms with Gasteiger partial charge in [0.25, 0.3) is 5.91 Å². The van der Waals surface area contributed by atoms with Crippen molar-refractivity contribution >= 4 is 17.8 Å². The molecule has 0 spiro atoms. The van der Waals surface area contributed by atoms with Gasteiger partial charge >= 0.3 is 5.97 Å². The molecule has 1 heterocycles. The number of carbonyl (C=O) groups is 3. The van der Waals surface area contributed by atoms with Crippen LogP contribution in [0, 0.1) is 5.92 Å². The number of methoxy groups -OCH3 is 2. The summed E-state index contributed by atoms with van der Waals surface area (Å²) in [5.41, 5.74) is 0.361. The number of esters is 1. The zero-order chi connectivity index (χ0) is 19.3. The van der Waals surface area contributed by atoms with Crippen molar-refractivity contribution in [2.75, 3.05) is 20.8 Å². The van der Waals surface area contributed by atoms with Gasteiger partial charge in [-0.15, -0.1) is 0 Å². The van der Waals surface area contributed by atoms with Gasteiger partial charge in [0.1, 0.15) is 17.8 Å². The first-order valence-corrected chi connectivity index (χ1v) is 8.72. The summed E-state index contributed by atoms with van der Waals surface area (Å²) in [4.78, 5) is 39.1. The largest absolute Gasteiger partial charge is 0.496 e. The molecular weight excluding hydrogens is 336 g/mol. The molecule has 7 nitrogen and oxygen atoms in total. The predicted octanol–water partition coefficient (Wildman–Crippen LogP) is 1.61. The maximum Gasteiger partial charge on any atom is 0.328 e. The fourth-order valence-corrected chi connectivity index (χ4v) is 3.15. The molecule has 1 aliphatic heterocycles. The normalized spacial score (nSPS) is 17.7. The second-order valence-corrected chi connectivity index (χ2v) is 6.61. The zero-order valence-corrected chi connectivity index (χ0v) is 15.7. The molecule has 0 aromatic heterocycles. The van der Waals surface area contributed by atoms with Crippen LogP contribution in [0.4, 0.5) is 0 Å². The average Bonchev–Trinajstić information content (AvgIpc) is 3.14. The number of benzene rings is 1. The van der Waals surface area contributed by atoms with Crippen molar-refractivity contribution in [1.29, 1.82) is 0 Å². The maximum absolute atomic E-state index is 13.0. The highest BCUT2D eigenvalue weighted by Gasteiger charge is 2.39. The third kappa shape index (κ3) is 4.15. The number of ether oxygens (including phenoxy) is 2. The van der Waals surface area contributed by atoms with E-state index in [1.807, 2.05) is 13.8 Å². The third-order valence-electron chi connectivity index (χ3n) is 4.58. The van der Waals surface area contributed by atoms with Crippen LogP contribution < -0.4 is 10.1 Å². The van der Waals surface area contributed by atoms with Crippen molar-refractivity contribution in [1.82, 2.24) is 10.2 Å². The molecule has 0 unspecified atom stereocenters. The monoisotopic (exact) mass is 362 g/mol. The molecule has 0 radical (unpaired) electrons. The van der Waals surface area contributed by atoms with Crippen LogP contribution in [0.3, 0.4) is 0 Å². The molecule has 0 saturated carbocycles. The molecule has 2 amide bonds. The zero-order valence-electron chi connectivity index (χ0n) is 15.7. The van der Waals surface area contributed by atoms with Gasteiger partial charge in [0.15, 0.2) is 0 Å². The van der Waals surface area contributed by atoms with Crippen LogP contribution in [0.5, 0.6) is 5.75 Å². The molecule has 1 aliphatic rings. The Kier molecular flexibility index (Phi) is 6.60. The molecule has 7 heteroatoms. The molecule has 0 aliphatic carbocycles. The topological polar surface area (TPSA) is 84.9 Å². The number of hydrogen-bond acceptors (Lipinski definition) is 5. The molecule has 2 atom stereocenters. The van der Waals surface area contributed by atoms with Crippen molar-refractivity contribution in [2.45, 2.75) is 38.8 Å². The third-order valence-corrected chi connectivity index (χ3v) is 4.58. The van der Waals surface area contributed by atoms with Crippen molar-refractivity contribution in [3.05, 3.63) is 29.8 Å². The number of para-hydroxylation sites is 1. The Morgan fingerprint density at radius 3 is 2.50 bits per heavy atom. The van der Waals surface area contributed by atoms with Gasteiger partial charge in [-0.2, -0.15) is 0 Å². The summed E-state index contributed by atoms with van der Waals surface area (Å²) in [5, 5.41) is 2.80. The minimum atomic E-state index is -0.738. The number of carbonyl (C=O) groups excluding carboxylic acids is 3. The molecule has 1 N–H and O–H groups in total. The van der Waals surface area contributed by atoms with Crippen molar-refractivity contribution in [3.63, 3.8) is 0 Å². The van der Waals surface area contributed by atoms with Gasteiger partial charge in [0.05, 0.1) is 19.8 Å². The number of nitrogens with zero attached hydrogens (tertiary/aromatic N) is 1. The number of likely N-dealkylation sites (tertiary alicyclic amines) is 1. The van der Waals surface area contributed by atoms with E-state index in [1.54, 1.807) is 24.3 Å². The van der Waals surface area contributed by atoms with E-state index in [1.165, 1.54) is 19.1 Å². The lowest BCUT2D eigenvalue weighted by Crippen LogP contribution is -2.54. The molecule has 0 bridgehead atoms. The van der Waals surface area contributed by atoms with E-state index in [-0.39, 0.29) is 17.7 Å². The fraction of sp³-hybridized carbons (Fsp3) is 0.526. The average molecular weight is 362 g/mol. The minimum absolute atomic E-state index is 0.139. The summed E-state index contributed by atoms with van der Waals surface area (Å²) in [6.45, 7) is 4.19. The van der Waals surface area contributed by atoms with Gasteiger partial charge in [-0.25, -0.2) is 4.79 Å². The molecule has 1 fully saturated rings. The Bertz CT molecular complexity index is 674. The molecule has 1 saturated heterocycles. The Labute approximate surface area is 153 Å². The Morgan fingerprint density at radius 1 is 1.19 bits per heavy atom. The van der Waals surface area contributed by atoms with Crippen LogP contribution in [0.1, 0.15) is 37.0 Å². The van der Waals surface area contributed by atoms with E-state index >= 15 is 0 Å². The first-order valence-electron chi connectivity index (χ1n) is 8.72. The number of hydrogen-bond donors (Lipinski definition) is 1. The maximum atomic E-state index is 13.0. The van der Waals surface area contributed by atoms with Gasteiger partial charge in [-0.1, -0.05) is 26.0 Å².